The Morgan fingerprint density at radius 2 is 1.91 bits per heavy atom. The van der Waals surface area contributed by atoms with Crippen LogP contribution in [0, 0.1) is 0 Å². The molecule has 0 fully saturated rings. The molecular formula is C18H14ClNO2. The highest BCUT2D eigenvalue weighted by Gasteiger charge is 2.16. The van der Waals surface area contributed by atoms with Crippen LogP contribution in [0.3, 0.4) is 0 Å². The third kappa shape index (κ3) is 2.61. The number of pyridine rings is 1. The Hall–Kier alpha value is -2.23. The van der Waals surface area contributed by atoms with E-state index in [-0.39, 0.29) is 6.61 Å². The largest absolute Gasteiger partial charge is 0.396 e. The van der Waals surface area contributed by atoms with Crippen LogP contribution in [0.2, 0.25) is 5.02 Å². The van der Waals surface area contributed by atoms with Gasteiger partial charge in [-0.05, 0) is 41.3 Å². The lowest BCUT2D eigenvalue weighted by atomic mass is 9.93. The molecule has 1 aromatic heterocycles. The lowest BCUT2D eigenvalue weighted by molar-refractivity contribution is 0.111. The van der Waals surface area contributed by atoms with Crippen molar-refractivity contribution < 1.29 is 9.90 Å². The van der Waals surface area contributed by atoms with Crippen LogP contribution in [0.4, 0.5) is 0 Å². The van der Waals surface area contributed by atoms with E-state index in [1.807, 2.05) is 36.4 Å². The summed E-state index contributed by atoms with van der Waals surface area (Å²) in [4.78, 5) is 15.8. The molecule has 0 saturated carbocycles. The van der Waals surface area contributed by atoms with Gasteiger partial charge >= 0.3 is 0 Å². The third-order valence-electron chi connectivity index (χ3n) is 3.62. The van der Waals surface area contributed by atoms with Gasteiger partial charge in [0.15, 0.2) is 6.29 Å². The maximum absolute atomic E-state index is 11.4. The molecule has 0 radical (unpaired) electrons. The summed E-state index contributed by atoms with van der Waals surface area (Å²) in [6.45, 7) is -0.0472. The standard InChI is InChI=1S/C18H14ClNO2/c19-13-6-7-16-15(10-13)18(12-4-2-1-3-5-12)14(8-9-21)17(11-22)20-16/h1-7,10-11,21H,8-9H2. The SMILES string of the molecule is O=Cc1nc2ccc(Cl)cc2c(-c2ccccc2)c1CCO. The van der Waals surface area contributed by atoms with Crippen LogP contribution in [-0.2, 0) is 6.42 Å². The van der Waals surface area contributed by atoms with Crippen molar-refractivity contribution in [2.75, 3.05) is 6.61 Å². The van der Waals surface area contributed by atoms with Gasteiger partial charge in [-0.3, -0.25) is 4.79 Å². The van der Waals surface area contributed by atoms with Crippen LogP contribution >= 0.6 is 11.6 Å². The molecule has 0 aliphatic heterocycles. The average Bonchev–Trinajstić information content (AvgIpc) is 2.55. The molecule has 0 bridgehead atoms. The van der Waals surface area contributed by atoms with Crippen LogP contribution in [0.5, 0.6) is 0 Å². The second kappa shape index (κ2) is 6.26. The Balaban J connectivity index is 2.44. The predicted molar refractivity (Wildman–Crippen MR) is 88.4 cm³/mol. The molecule has 0 unspecified atom stereocenters. The van der Waals surface area contributed by atoms with Gasteiger partial charge in [-0.2, -0.15) is 0 Å². The molecule has 0 amide bonds. The Kier molecular flexibility index (Phi) is 4.18. The van der Waals surface area contributed by atoms with E-state index in [1.165, 1.54) is 0 Å². The highest BCUT2D eigenvalue weighted by Crippen LogP contribution is 2.34. The number of carbonyl (C=O) groups excluding carboxylic acids is 1. The summed E-state index contributed by atoms with van der Waals surface area (Å²) < 4.78 is 0. The fourth-order valence-electron chi connectivity index (χ4n) is 2.69. The Labute approximate surface area is 133 Å². The normalized spacial score (nSPS) is 10.8. The summed E-state index contributed by atoms with van der Waals surface area (Å²) >= 11 is 6.13. The van der Waals surface area contributed by atoms with Crippen LogP contribution < -0.4 is 0 Å². The zero-order chi connectivity index (χ0) is 15.5. The van der Waals surface area contributed by atoms with Crippen molar-refractivity contribution in [1.29, 1.82) is 0 Å². The van der Waals surface area contributed by atoms with Gasteiger partial charge < -0.3 is 5.11 Å². The quantitative estimate of drug-likeness (QED) is 0.743. The second-order valence-electron chi connectivity index (χ2n) is 4.97. The van der Waals surface area contributed by atoms with Gasteiger partial charge in [0.05, 0.1) is 5.52 Å². The van der Waals surface area contributed by atoms with Gasteiger partial charge in [-0.1, -0.05) is 41.9 Å². The highest BCUT2D eigenvalue weighted by atomic mass is 35.5. The molecule has 110 valence electrons. The Morgan fingerprint density at radius 3 is 2.59 bits per heavy atom. The fraction of sp³-hybridized carbons (Fsp3) is 0.111. The van der Waals surface area contributed by atoms with Crippen LogP contribution in [0.25, 0.3) is 22.0 Å². The number of nitrogens with zero attached hydrogens (tertiary/aromatic N) is 1. The summed E-state index contributed by atoms with van der Waals surface area (Å²) in [6, 6.07) is 15.2. The van der Waals surface area contributed by atoms with Gasteiger partial charge in [-0.25, -0.2) is 4.98 Å². The van der Waals surface area contributed by atoms with E-state index in [0.29, 0.717) is 22.7 Å². The topological polar surface area (TPSA) is 50.2 Å². The number of halogens is 1. The first-order valence-corrected chi connectivity index (χ1v) is 7.36. The number of hydrogen-bond donors (Lipinski definition) is 1. The van der Waals surface area contributed by atoms with Crippen LogP contribution in [0.1, 0.15) is 16.1 Å². The number of rotatable bonds is 4. The lowest BCUT2D eigenvalue weighted by Gasteiger charge is -2.15. The maximum Gasteiger partial charge on any atom is 0.168 e. The van der Waals surface area contributed by atoms with Gasteiger partial charge in [0, 0.05) is 17.0 Å². The molecular weight excluding hydrogens is 298 g/mol. The van der Waals surface area contributed by atoms with E-state index in [9.17, 15) is 9.90 Å². The number of aromatic nitrogens is 1. The first-order chi connectivity index (χ1) is 10.7. The molecule has 0 spiro atoms. The molecule has 3 aromatic rings. The van der Waals surface area contributed by atoms with Gasteiger partial charge in [-0.15, -0.1) is 0 Å². The zero-order valence-electron chi connectivity index (χ0n) is 11.8. The van der Waals surface area contributed by atoms with Crippen molar-refractivity contribution in [3.63, 3.8) is 0 Å². The number of aldehydes is 1. The first kappa shape index (κ1) is 14.7. The highest BCUT2D eigenvalue weighted by molar-refractivity contribution is 6.31. The van der Waals surface area contributed by atoms with E-state index < -0.39 is 0 Å². The van der Waals surface area contributed by atoms with E-state index in [2.05, 4.69) is 4.98 Å². The number of fused-ring (bicyclic) bond motifs is 1. The van der Waals surface area contributed by atoms with Gasteiger partial charge in [0.1, 0.15) is 5.69 Å². The number of benzene rings is 2. The van der Waals surface area contributed by atoms with Crippen molar-refractivity contribution in [2.24, 2.45) is 0 Å². The molecule has 0 aliphatic carbocycles. The van der Waals surface area contributed by atoms with Gasteiger partial charge in [0.2, 0.25) is 0 Å². The molecule has 0 aliphatic rings. The van der Waals surface area contributed by atoms with E-state index in [4.69, 9.17) is 11.6 Å². The first-order valence-electron chi connectivity index (χ1n) is 6.98. The lowest BCUT2D eigenvalue weighted by Crippen LogP contribution is -2.04. The molecule has 4 heteroatoms. The summed E-state index contributed by atoms with van der Waals surface area (Å²) in [5, 5.41) is 10.9. The van der Waals surface area contributed by atoms with Gasteiger partial charge in [0.25, 0.3) is 0 Å². The molecule has 3 nitrogen and oxygen atoms in total. The Bertz CT molecular complexity index is 831. The van der Waals surface area contributed by atoms with Crippen molar-refractivity contribution in [2.45, 2.75) is 6.42 Å². The smallest absolute Gasteiger partial charge is 0.168 e. The minimum atomic E-state index is -0.0472. The Morgan fingerprint density at radius 1 is 1.14 bits per heavy atom. The number of hydrogen-bond acceptors (Lipinski definition) is 3. The minimum Gasteiger partial charge on any atom is -0.396 e. The van der Waals surface area contributed by atoms with Crippen molar-refractivity contribution in [3.8, 4) is 11.1 Å². The second-order valence-corrected chi connectivity index (χ2v) is 5.41. The molecule has 0 atom stereocenters. The maximum atomic E-state index is 11.4. The number of aliphatic hydroxyl groups excluding tert-OH is 1. The zero-order valence-corrected chi connectivity index (χ0v) is 12.5. The van der Waals surface area contributed by atoms with Crippen molar-refractivity contribution in [3.05, 3.63) is 64.8 Å². The summed E-state index contributed by atoms with van der Waals surface area (Å²) in [5.74, 6) is 0. The van der Waals surface area contributed by atoms with Crippen LogP contribution in [-0.4, -0.2) is 23.0 Å². The van der Waals surface area contributed by atoms with E-state index >= 15 is 0 Å². The fourth-order valence-corrected chi connectivity index (χ4v) is 2.86. The number of aliphatic hydroxyl groups is 1. The minimum absolute atomic E-state index is 0.0472. The van der Waals surface area contributed by atoms with Crippen molar-refractivity contribution >= 4 is 28.8 Å². The molecule has 1 heterocycles. The summed E-state index contributed by atoms with van der Waals surface area (Å²) in [5.41, 5.74) is 3.71. The number of carbonyl (C=O) groups is 1. The van der Waals surface area contributed by atoms with E-state index in [1.54, 1.807) is 12.1 Å². The molecule has 1 N–H and O–H groups in total. The predicted octanol–water partition coefficient (Wildman–Crippen LogP) is 3.90. The molecule has 0 saturated heterocycles. The van der Waals surface area contributed by atoms with Crippen molar-refractivity contribution in [1.82, 2.24) is 4.98 Å². The summed E-state index contributed by atoms with van der Waals surface area (Å²) in [7, 11) is 0. The molecule has 22 heavy (non-hydrogen) atoms. The molecule has 3 rings (SSSR count). The van der Waals surface area contributed by atoms with Crippen LogP contribution in [0.15, 0.2) is 48.5 Å². The summed E-state index contributed by atoms with van der Waals surface area (Å²) in [6.07, 6.45) is 1.11. The average molecular weight is 312 g/mol. The molecule has 2 aromatic carbocycles. The third-order valence-corrected chi connectivity index (χ3v) is 3.85. The monoisotopic (exact) mass is 311 g/mol. The van der Waals surface area contributed by atoms with E-state index in [0.717, 1.165) is 28.4 Å².